The number of hydrogen-bond acceptors (Lipinski definition) is 2. The van der Waals surface area contributed by atoms with E-state index in [0.29, 0.717) is 5.92 Å². The van der Waals surface area contributed by atoms with E-state index in [4.69, 9.17) is 0 Å². The molecule has 1 fully saturated rings. The zero-order chi connectivity index (χ0) is 14.7. The Morgan fingerprint density at radius 2 is 2.38 bits per heavy atom. The Balaban J connectivity index is 1.41. The number of rotatable bonds is 6. The summed E-state index contributed by atoms with van der Waals surface area (Å²) >= 11 is 3.48. The van der Waals surface area contributed by atoms with Crippen molar-refractivity contribution in [1.82, 2.24) is 14.9 Å². The van der Waals surface area contributed by atoms with Crippen LogP contribution in [0, 0.1) is 5.92 Å². The predicted molar refractivity (Wildman–Crippen MR) is 84.8 cm³/mol. The van der Waals surface area contributed by atoms with Gasteiger partial charge in [0.25, 0.3) is 0 Å². The summed E-state index contributed by atoms with van der Waals surface area (Å²) in [5, 5.41) is 3.04. The lowest BCUT2D eigenvalue weighted by atomic mass is 10.1. The van der Waals surface area contributed by atoms with Crippen molar-refractivity contribution in [2.24, 2.45) is 5.92 Å². The number of benzene rings is 1. The third-order valence-electron chi connectivity index (χ3n) is 3.86. The molecule has 1 heterocycles. The normalized spacial score (nSPS) is 20.2. The molecule has 0 unspecified atom stereocenters. The van der Waals surface area contributed by atoms with Gasteiger partial charge in [-0.05, 0) is 36.5 Å². The molecular formula is C16H18BrN3O. The van der Waals surface area contributed by atoms with Gasteiger partial charge in [-0.2, -0.15) is 0 Å². The minimum absolute atomic E-state index is 0.146. The fourth-order valence-corrected chi connectivity index (χ4v) is 3.03. The van der Waals surface area contributed by atoms with E-state index in [-0.39, 0.29) is 11.8 Å². The first-order valence-corrected chi connectivity index (χ1v) is 8.02. The molecular weight excluding hydrogens is 330 g/mol. The van der Waals surface area contributed by atoms with Crippen LogP contribution in [0.3, 0.4) is 0 Å². The first-order valence-electron chi connectivity index (χ1n) is 7.23. The van der Waals surface area contributed by atoms with Gasteiger partial charge in [-0.15, -0.1) is 0 Å². The van der Waals surface area contributed by atoms with Gasteiger partial charge in [0.05, 0.1) is 6.33 Å². The molecule has 2 atom stereocenters. The average Bonchev–Trinajstić information content (AvgIpc) is 3.12. The van der Waals surface area contributed by atoms with Gasteiger partial charge < -0.3 is 9.88 Å². The van der Waals surface area contributed by atoms with Crippen LogP contribution in [-0.2, 0) is 11.3 Å². The van der Waals surface area contributed by atoms with Gasteiger partial charge in [0.2, 0.25) is 5.91 Å². The number of nitrogens with one attached hydrogen (secondary N) is 1. The molecule has 1 N–H and O–H groups in total. The third kappa shape index (κ3) is 3.73. The van der Waals surface area contributed by atoms with Crippen molar-refractivity contribution in [2.45, 2.75) is 25.3 Å². The number of aryl methyl sites for hydroxylation is 1. The zero-order valence-corrected chi connectivity index (χ0v) is 13.3. The van der Waals surface area contributed by atoms with Crippen LogP contribution in [0.1, 0.15) is 24.3 Å². The van der Waals surface area contributed by atoms with Crippen LogP contribution in [0.25, 0.3) is 0 Å². The summed E-state index contributed by atoms with van der Waals surface area (Å²) < 4.78 is 3.10. The quantitative estimate of drug-likeness (QED) is 0.816. The molecule has 5 heteroatoms. The average molecular weight is 348 g/mol. The number of amides is 1. The van der Waals surface area contributed by atoms with Crippen LogP contribution in [0.2, 0.25) is 0 Å². The SMILES string of the molecule is O=C(NCCCn1ccnc1)[C@@H]1C[C@H]1c1cccc(Br)c1. The molecule has 0 saturated heterocycles. The van der Waals surface area contributed by atoms with Crippen LogP contribution in [0.4, 0.5) is 0 Å². The van der Waals surface area contributed by atoms with Gasteiger partial charge in [0, 0.05) is 35.9 Å². The Bertz CT molecular complexity index is 612. The van der Waals surface area contributed by atoms with Gasteiger partial charge in [-0.3, -0.25) is 4.79 Å². The second-order valence-electron chi connectivity index (χ2n) is 5.45. The van der Waals surface area contributed by atoms with Crippen molar-refractivity contribution in [3.63, 3.8) is 0 Å². The highest BCUT2D eigenvalue weighted by atomic mass is 79.9. The number of hydrogen-bond donors (Lipinski definition) is 1. The number of aromatic nitrogens is 2. The van der Waals surface area contributed by atoms with E-state index in [1.165, 1.54) is 5.56 Å². The smallest absolute Gasteiger partial charge is 0.223 e. The fourth-order valence-electron chi connectivity index (χ4n) is 2.61. The van der Waals surface area contributed by atoms with Crippen LogP contribution < -0.4 is 5.32 Å². The second-order valence-corrected chi connectivity index (χ2v) is 6.36. The van der Waals surface area contributed by atoms with E-state index in [0.717, 1.165) is 30.4 Å². The summed E-state index contributed by atoms with van der Waals surface area (Å²) in [4.78, 5) is 16.1. The van der Waals surface area contributed by atoms with Crippen molar-refractivity contribution in [2.75, 3.05) is 6.54 Å². The first kappa shape index (κ1) is 14.3. The monoisotopic (exact) mass is 347 g/mol. The predicted octanol–water partition coefficient (Wildman–Crippen LogP) is 2.96. The highest BCUT2D eigenvalue weighted by Crippen LogP contribution is 2.47. The van der Waals surface area contributed by atoms with Crippen molar-refractivity contribution >= 4 is 21.8 Å². The Labute approximate surface area is 132 Å². The fraction of sp³-hybridized carbons (Fsp3) is 0.375. The van der Waals surface area contributed by atoms with E-state index in [1.54, 1.807) is 12.5 Å². The molecule has 1 aromatic carbocycles. The van der Waals surface area contributed by atoms with Crippen molar-refractivity contribution in [3.05, 3.63) is 53.0 Å². The van der Waals surface area contributed by atoms with Crippen molar-refractivity contribution < 1.29 is 4.79 Å². The third-order valence-corrected chi connectivity index (χ3v) is 4.35. The van der Waals surface area contributed by atoms with Crippen molar-refractivity contribution in [3.8, 4) is 0 Å². The van der Waals surface area contributed by atoms with E-state index in [2.05, 4.69) is 38.4 Å². The maximum Gasteiger partial charge on any atom is 0.223 e. The highest BCUT2D eigenvalue weighted by Gasteiger charge is 2.43. The number of carbonyl (C=O) groups excluding carboxylic acids is 1. The van der Waals surface area contributed by atoms with Crippen LogP contribution in [0.5, 0.6) is 0 Å². The summed E-state index contributed by atoms with van der Waals surface area (Å²) in [7, 11) is 0. The molecule has 1 aliphatic rings. The molecule has 0 spiro atoms. The molecule has 1 amide bonds. The minimum Gasteiger partial charge on any atom is -0.356 e. The second kappa shape index (κ2) is 6.43. The molecule has 110 valence electrons. The molecule has 0 radical (unpaired) electrons. The lowest BCUT2D eigenvalue weighted by Gasteiger charge is -2.06. The lowest BCUT2D eigenvalue weighted by Crippen LogP contribution is -2.27. The molecule has 0 bridgehead atoms. The number of nitrogens with zero attached hydrogens (tertiary/aromatic N) is 2. The topological polar surface area (TPSA) is 46.9 Å². The summed E-state index contributed by atoms with van der Waals surface area (Å²) in [6.07, 6.45) is 7.39. The van der Waals surface area contributed by atoms with Gasteiger partial charge in [-0.25, -0.2) is 4.98 Å². The maximum atomic E-state index is 12.1. The Morgan fingerprint density at radius 3 is 3.14 bits per heavy atom. The maximum absolute atomic E-state index is 12.1. The molecule has 1 aromatic heterocycles. The summed E-state index contributed by atoms with van der Waals surface area (Å²) in [6, 6.07) is 8.24. The van der Waals surface area contributed by atoms with Crippen LogP contribution in [0.15, 0.2) is 47.5 Å². The minimum atomic E-state index is 0.146. The summed E-state index contributed by atoms with van der Waals surface area (Å²) in [5.74, 6) is 0.717. The number of imidazole rings is 1. The first-order chi connectivity index (χ1) is 10.2. The molecule has 2 aromatic rings. The van der Waals surface area contributed by atoms with Crippen LogP contribution >= 0.6 is 15.9 Å². The standard InChI is InChI=1S/C16H18BrN3O/c17-13-4-1-3-12(9-13)14-10-15(14)16(21)19-5-2-7-20-8-6-18-11-20/h1,3-4,6,8-9,11,14-15H,2,5,7,10H2,(H,19,21)/t14-,15+/m0/s1. The van der Waals surface area contributed by atoms with Gasteiger partial charge in [-0.1, -0.05) is 28.1 Å². The summed E-state index contributed by atoms with van der Waals surface area (Å²) in [5.41, 5.74) is 1.25. The molecule has 3 rings (SSSR count). The molecule has 21 heavy (non-hydrogen) atoms. The van der Waals surface area contributed by atoms with Gasteiger partial charge in [0.15, 0.2) is 0 Å². The Hall–Kier alpha value is -1.62. The Morgan fingerprint density at radius 1 is 1.48 bits per heavy atom. The number of halogens is 1. The van der Waals surface area contributed by atoms with E-state index >= 15 is 0 Å². The van der Waals surface area contributed by atoms with E-state index < -0.39 is 0 Å². The van der Waals surface area contributed by atoms with E-state index in [1.807, 2.05) is 22.9 Å². The molecule has 1 saturated carbocycles. The molecule has 4 nitrogen and oxygen atoms in total. The lowest BCUT2D eigenvalue weighted by molar-refractivity contribution is -0.122. The van der Waals surface area contributed by atoms with Crippen molar-refractivity contribution in [1.29, 1.82) is 0 Å². The van der Waals surface area contributed by atoms with Gasteiger partial charge in [0.1, 0.15) is 0 Å². The van der Waals surface area contributed by atoms with Gasteiger partial charge >= 0.3 is 0 Å². The molecule has 0 aliphatic heterocycles. The van der Waals surface area contributed by atoms with Crippen LogP contribution in [-0.4, -0.2) is 22.0 Å². The van der Waals surface area contributed by atoms with E-state index in [9.17, 15) is 4.79 Å². The largest absolute Gasteiger partial charge is 0.356 e. The zero-order valence-electron chi connectivity index (χ0n) is 11.7. The summed E-state index contributed by atoms with van der Waals surface area (Å²) in [6.45, 7) is 1.61. The Kier molecular flexibility index (Phi) is 4.39. The highest BCUT2D eigenvalue weighted by molar-refractivity contribution is 9.10. The number of carbonyl (C=O) groups is 1. The molecule has 1 aliphatic carbocycles.